The van der Waals surface area contributed by atoms with Crippen molar-refractivity contribution in [1.82, 2.24) is 14.9 Å². The zero-order valence-corrected chi connectivity index (χ0v) is 12.9. The van der Waals surface area contributed by atoms with Crippen LogP contribution in [0.5, 0.6) is 0 Å². The molecule has 0 atom stereocenters. The Morgan fingerprint density at radius 2 is 2.00 bits per heavy atom. The van der Waals surface area contributed by atoms with Crippen molar-refractivity contribution in [2.75, 3.05) is 37.8 Å². The van der Waals surface area contributed by atoms with Crippen LogP contribution in [0.2, 0.25) is 0 Å². The minimum Gasteiger partial charge on any atom is -0.369 e. The van der Waals surface area contributed by atoms with Crippen LogP contribution in [-0.2, 0) is 0 Å². The molecule has 2 N–H and O–H groups in total. The van der Waals surface area contributed by atoms with Gasteiger partial charge in [0.25, 0.3) is 0 Å². The maximum atomic E-state index is 4.53. The van der Waals surface area contributed by atoms with Crippen molar-refractivity contribution in [2.24, 2.45) is 5.92 Å². The average molecular weight is 277 g/mol. The molecule has 0 saturated heterocycles. The molecule has 1 aromatic rings. The molecule has 0 spiro atoms. The lowest BCUT2D eigenvalue weighted by Gasteiger charge is -2.26. The van der Waals surface area contributed by atoms with Gasteiger partial charge in [0.05, 0.1) is 0 Å². The number of anilines is 2. The summed E-state index contributed by atoms with van der Waals surface area (Å²) in [6.07, 6.45) is 6.88. The van der Waals surface area contributed by atoms with E-state index in [0.29, 0.717) is 6.04 Å². The maximum Gasteiger partial charge on any atom is 0.224 e. The molecule has 1 aliphatic carbocycles. The predicted molar refractivity (Wildman–Crippen MR) is 84.1 cm³/mol. The minimum absolute atomic E-state index is 0.531. The van der Waals surface area contributed by atoms with Gasteiger partial charge in [0.2, 0.25) is 5.95 Å². The quantitative estimate of drug-likeness (QED) is 0.836. The van der Waals surface area contributed by atoms with Gasteiger partial charge >= 0.3 is 0 Å². The maximum absolute atomic E-state index is 4.53. The second-order valence-electron chi connectivity index (χ2n) is 6.10. The fraction of sp³-hybridized carbons (Fsp3) is 0.733. The summed E-state index contributed by atoms with van der Waals surface area (Å²) in [5.41, 5.74) is 0. The van der Waals surface area contributed by atoms with Gasteiger partial charge in [0.1, 0.15) is 5.82 Å². The summed E-state index contributed by atoms with van der Waals surface area (Å²) in [6.45, 7) is 4.22. The van der Waals surface area contributed by atoms with Crippen molar-refractivity contribution in [3.63, 3.8) is 0 Å². The smallest absolute Gasteiger partial charge is 0.224 e. The third-order valence-corrected chi connectivity index (χ3v) is 3.87. The zero-order chi connectivity index (χ0) is 14.4. The van der Waals surface area contributed by atoms with Crippen molar-refractivity contribution in [2.45, 2.75) is 38.6 Å². The molecule has 2 rings (SSSR count). The van der Waals surface area contributed by atoms with Crippen LogP contribution in [0.25, 0.3) is 0 Å². The van der Waals surface area contributed by atoms with Crippen molar-refractivity contribution in [1.29, 1.82) is 0 Å². The second-order valence-corrected chi connectivity index (χ2v) is 6.10. The molecule has 20 heavy (non-hydrogen) atoms. The predicted octanol–water partition coefficient (Wildman–Crippen LogP) is 2.44. The molecule has 1 aromatic heterocycles. The van der Waals surface area contributed by atoms with Gasteiger partial charge in [-0.15, -0.1) is 0 Å². The molecule has 1 saturated carbocycles. The van der Waals surface area contributed by atoms with Gasteiger partial charge in [-0.1, -0.05) is 6.92 Å². The number of hydrogen-bond acceptors (Lipinski definition) is 5. The highest BCUT2D eigenvalue weighted by molar-refractivity contribution is 5.39. The third-order valence-electron chi connectivity index (χ3n) is 3.87. The molecule has 5 nitrogen and oxygen atoms in total. The Morgan fingerprint density at radius 1 is 1.25 bits per heavy atom. The first-order valence-corrected chi connectivity index (χ1v) is 7.61. The standard InChI is InChI=1S/C15H27N5/c1-12-4-6-13(7-5-12)18-15-17-9-8-14(19-15)16-10-11-20(2)3/h8-9,12-13H,4-7,10-11H2,1-3H3,(H2,16,17,18,19). The fourth-order valence-corrected chi connectivity index (χ4v) is 2.52. The van der Waals surface area contributed by atoms with E-state index in [-0.39, 0.29) is 0 Å². The molecule has 0 unspecified atom stereocenters. The van der Waals surface area contributed by atoms with E-state index in [9.17, 15) is 0 Å². The van der Waals surface area contributed by atoms with Crippen LogP contribution in [0.15, 0.2) is 12.3 Å². The van der Waals surface area contributed by atoms with Crippen molar-refractivity contribution in [3.8, 4) is 0 Å². The van der Waals surface area contributed by atoms with Crippen molar-refractivity contribution in [3.05, 3.63) is 12.3 Å². The molecule has 1 aliphatic rings. The molecule has 0 amide bonds. The summed E-state index contributed by atoms with van der Waals surface area (Å²) < 4.78 is 0. The summed E-state index contributed by atoms with van der Waals surface area (Å²) in [4.78, 5) is 11.0. The van der Waals surface area contributed by atoms with Crippen LogP contribution in [-0.4, -0.2) is 48.1 Å². The number of rotatable bonds is 6. The number of likely N-dealkylation sites (N-methyl/N-ethyl adjacent to an activating group) is 1. The van der Waals surface area contributed by atoms with Gasteiger partial charge < -0.3 is 15.5 Å². The summed E-state index contributed by atoms with van der Waals surface area (Å²) in [5.74, 6) is 2.51. The molecule has 5 heteroatoms. The molecule has 0 aromatic carbocycles. The van der Waals surface area contributed by atoms with Crippen molar-refractivity contribution >= 4 is 11.8 Å². The summed E-state index contributed by atoms with van der Waals surface area (Å²) >= 11 is 0. The topological polar surface area (TPSA) is 53.1 Å². The van der Waals surface area contributed by atoms with Gasteiger partial charge in [-0.05, 0) is 51.8 Å². The molecule has 1 fully saturated rings. The summed E-state index contributed by atoms with van der Waals surface area (Å²) in [5, 5.41) is 6.80. The van der Waals surface area contributed by atoms with E-state index < -0.39 is 0 Å². The van der Waals surface area contributed by atoms with Crippen LogP contribution in [0.1, 0.15) is 32.6 Å². The van der Waals surface area contributed by atoms with Gasteiger partial charge in [0.15, 0.2) is 0 Å². The Kier molecular flexibility index (Phi) is 5.59. The van der Waals surface area contributed by atoms with Gasteiger partial charge in [0, 0.05) is 25.3 Å². The summed E-state index contributed by atoms with van der Waals surface area (Å²) in [6, 6.07) is 2.45. The molecule has 112 valence electrons. The Labute approximate surface area is 122 Å². The number of aromatic nitrogens is 2. The Bertz CT molecular complexity index is 399. The average Bonchev–Trinajstić information content (AvgIpc) is 2.41. The van der Waals surface area contributed by atoms with Crippen molar-refractivity contribution < 1.29 is 0 Å². The van der Waals surface area contributed by atoms with E-state index in [2.05, 4.69) is 46.5 Å². The molecule has 1 heterocycles. The van der Waals surface area contributed by atoms with Crippen LogP contribution in [0.3, 0.4) is 0 Å². The summed E-state index contributed by atoms with van der Waals surface area (Å²) in [7, 11) is 4.14. The number of hydrogen-bond donors (Lipinski definition) is 2. The monoisotopic (exact) mass is 277 g/mol. The van der Waals surface area contributed by atoms with Crippen LogP contribution in [0.4, 0.5) is 11.8 Å². The first-order chi connectivity index (χ1) is 9.63. The van der Waals surface area contributed by atoms with E-state index in [4.69, 9.17) is 0 Å². The van der Waals surface area contributed by atoms with Gasteiger partial charge in [-0.25, -0.2) is 4.98 Å². The van der Waals surface area contributed by atoms with E-state index in [1.807, 2.05) is 12.3 Å². The Morgan fingerprint density at radius 3 is 2.70 bits per heavy atom. The van der Waals surface area contributed by atoms with Gasteiger partial charge in [-0.2, -0.15) is 4.98 Å². The van der Waals surface area contributed by atoms with Crippen LogP contribution < -0.4 is 10.6 Å². The number of nitrogens with one attached hydrogen (secondary N) is 2. The molecule has 0 aliphatic heterocycles. The lowest BCUT2D eigenvalue weighted by molar-refractivity contribution is 0.360. The Hall–Kier alpha value is -1.36. The molecular formula is C15H27N5. The molecule has 0 radical (unpaired) electrons. The lowest BCUT2D eigenvalue weighted by atomic mass is 9.87. The molecule has 0 bridgehead atoms. The Balaban J connectivity index is 1.82. The highest BCUT2D eigenvalue weighted by atomic mass is 15.2. The lowest BCUT2D eigenvalue weighted by Crippen LogP contribution is -2.26. The largest absolute Gasteiger partial charge is 0.369 e. The van der Waals surface area contributed by atoms with E-state index in [1.54, 1.807) is 0 Å². The van der Waals surface area contributed by atoms with E-state index in [1.165, 1.54) is 25.7 Å². The highest BCUT2D eigenvalue weighted by Gasteiger charge is 2.18. The first-order valence-electron chi connectivity index (χ1n) is 7.61. The number of nitrogens with zero attached hydrogens (tertiary/aromatic N) is 3. The van der Waals surface area contributed by atoms with E-state index >= 15 is 0 Å². The molecular weight excluding hydrogens is 250 g/mol. The SMILES string of the molecule is CC1CCC(Nc2nccc(NCCN(C)C)n2)CC1. The van der Waals surface area contributed by atoms with Gasteiger partial charge in [-0.3, -0.25) is 0 Å². The zero-order valence-electron chi connectivity index (χ0n) is 12.9. The van der Waals surface area contributed by atoms with Crippen LogP contribution >= 0.6 is 0 Å². The first kappa shape index (κ1) is 15.0. The van der Waals surface area contributed by atoms with E-state index in [0.717, 1.165) is 30.8 Å². The second kappa shape index (κ2) is 7.43. The fourth-order valence-electron chi connectivity index (χ4n) is 2.52. The van der Waals surface area contributed by atoms with Crippen LogP contribution in [0, 0.1) is 5.92 Å². The minimum atomic E-state index is 0.531. The third kappa shape index (κ3) is 4.96. The highest BCUT2D eigenvalue weighted by Crippen LogP contribution is 2.25. The normalized spacial score (nSPS) is 22.8.